The van der Waals surface area contributed by atoms with E-state index in [1.807, 2.05) is 25.1 Å². The molecule has 2 aromatic carbocycles. The topological polar surface area (TPSA) is 79.4 Å². The summed E-state index contributed by atoms with van der Waals surface area (Å²) in [5, 5.41) is 2.63. The fourth-order valence-electron chi connectivity index (χ4n) is 2.72. The maximum Gasteiger partial charge on any atom is 0.264 e. The zero-order chi connectivity index (χ0) is 20.1. The molecule has 0 unspecified atom stereocenters. The third kappa shape index (κ3) is 4.55. The van der Waals surface area contributed by atoms with Gasteiger partial charge in [-0.3, -0.25) is 14.1 Å². The second-order valence-electron chi connectivity index (χ2n) is 6.41. The number of nitrogens with zero attached hydrogens (tertiary/aromatic N) is 2. The second kappa shape index (κ2) is 8.22. The van der Waals surface area contributed by atoms with Crippen LogP contribution in [0.25, 0.3) is 0 Å². The number of carbonyl (C=O) groups excluding carboxylic acids is 1. The third-order valence-electron chi connectivity index (χ3n) is 4.13. The Labute approximate surface area is 164 Å². The molecule has 1 aromatic heterocycles. The number of nitrogens with one attached hydrogen (secondary N) is 1. The highest BCUT2D eigenvalue weighted by atomic mass is 32.2. The number of rotatable bonds is 6. The highest BCUT2D eigenvalue weighted by Gasteiger charge is 2.25. The van der Waals surface area contributed by atoms with Gasteiger partial charge in [0.1, 0.15) is 0 Å². The Morgan fingerprint density at radius 1 is 1.04 bits per heavy atom. The van der Waals surface area contributed by atoms with Gasteiger partial charge in [0, 0.05) is 25.0 Å². The number of sulfonamides is 1. The highest BCUT2D eigenvalue weighted by Crippen LogP contribution is 2.27. The minimum atomic E-state index is -3.82. The van der Waals surface area contributed by atoms with Gasteiger partial charge in [-0.05, 0) is 55.0 Å². The van der Waals surface area contributed by atoms with Crippen LogP contribution in [-0.2, 0) is 21.4 Å². The highest BCUT2D eigenvalue weighted by molar-refractivity contribution is 7.92. The van der Waals surface area contributed by atoms with Gasteiger partial charge in [-0.1, -0.05) is 23.8 Å². The summed E-state index contributed by atoms with van der Waals surface area (Å²) >= 11 is 0. The summed E-state index contributed by atoms with van der Waals surface area (Å²) < 4.78 is 28.1. The molecule has 0 saturated carbocycles. The Balaban J connectivity index is 2.00. The number of benzene rings is 2. The van der Waals surface area contributed by atoms with E-state index in [0.717, 1.165) is 11.1 Å². The Bertz CT molecular complexity index is 1050. The molecule has 0 aliphatic carbocycles. The SMILES string of the molecule is CC(=O)Nc1ccc(S(=O)(=O)N(Cc2cccnc2)c2ccc(C)cc2)cc1. The average Bonchev–Trinajstić information content (AvgIpc) is 2.68. The van der Waals surface area contributed by atoms with Crippen LogP contribution in [0.15, 0.2) is 78.0 Å². The number of anilines is 2. The van der Waals surface area contributed by atoms with Crippen molar-refractivity contribution in [3.63, 3.8) is 0 Å². The van der Waals surface area contributed by atoms with E-state index >= 15 is 0 Å². The molecule has 1 amide bonds. The van der Waals surface area contributed by atoms with Crippen molar-refractivity contribution in [2.75, 3.05) is 9.62 Å². The van der Waals surface area contributed by atoms with Crippen LogP contribution in [0.3, 0.4) is 0 Å². The molecule has 0 atom stereocenters. The molecule has 7 heteroatoms. The monoisotopic (exact) mass is 395 g/mol. The lowest BCUT2D eigenvalue weighted by Crippen LogP contribution is -2.30. The summed E-state index contributed by atoms with van der Waals surface area (Å²) in [4.78, 5) is 15.4. The molecule has 1 heterocycles. The van der Waals surface area contributed by atoms with Crippen molar-refractivity contribution in [1.29, 1.82) is 0 Å². The van der Waals surface area contributed by atoms with Crippen LogP contribution in [0.5, 0.6) is 0 Å². The summed E-state index contributed by atoms with van der Waals surface area (Å²) in [6, 6.07) is 17.1. The van der Waals surface area contributed by atoms with Crippen molar-refractivity contribution in [2.24, 2.45) is 0 Å². The molecular formula is C21H21N3O3S. The first-order valence-electron chi connectivity index (χ1n) is 8.72. The first-order chi connectivity index (χ1) is 13.4. The van der Waals surface area contributed by atoms with E-state index in [9.17, 15) is 13.2 Å². The van der Waals surface area contributed by atoms with Crippen LogP contribution in [-0.4, -0.2) is 19.3 Å². The van der Waals surface area contributed by atoms with Gasteiger partial charge >= 0.3 is 0 Å². The van der Waals surface area contributed by atoms with E-state index in [1.54, 1.807) is 42.7 Å². The van der Waals surface area contributed by atoms with Gasteiger partial charge in [0.2, 0.25) is 5.91 Å². The Morgan fingerprint density at radius 3 is 2.29 bits per heavy atom. The Hall–Kier alpha value is -3.19. The predicted molar refractivity (Wildman–Crippen MR) is 110 cm³/mol. The molecule has 0 saturated heterocycles. The van der Waals surface area contributed by atoms with Crippen LogP contribution in [0, 0.1) is 6.92 Å². The van der Waals surface area contributed by atoms with Gasteiger partial charge in [0.05, 0.1) is 17.1 Å². The number of aromatic nitrogens is 1. The third-order valence-corrected chi connectivity index (χ3v) is 5.92. The smallest absolute Gasteiger partial charge is 0.264 e. The van der Waals surface area contributed by atoms with E-state index in [-0.39, 0.29) is 17.3 Å². The van der Waals surface area contributed by atoms with Crippen LogP contribution >= 0.6 is 0 Å². The quantitative estimate of drug-likeness (QED) is 0.689. The molecule has 6 nitrogen and oxygen atoms in total. The van der Waals surface area contributed by atoms with Crippen molar-refractivity contribution in [2.45, 2.75) is 25.3 Å². The van der Waals surface area contributed by atoms with Gasteiger partial charge in [-0.2, -0.15) is 0 Å². The van der Waals surface area contributed by atoms with E-state index in [4.69, 9.17) is 0 Å². The summed E-state index contributed by atoms with van der Waals surface area (Å²) in [7, 11) is -3.82. The Morgan fingerprint density at radius 2 is 1.71 bits per heavy atom. The number of amides is 1. The fraction of sp³-hybridized carbons (Fsp3) is 0.143. The van der Waals surface area contributed by atoms with E-state index < -0.39 is 10.0 Å². The van der Waals surface area contributed by atoms with Gasteiger partial charge in [-0.15, -0.1) is 0 Å². The van der Waals surface area contributed by atoms with Crippen molar-refractivity contribution < 1.29 is 13.2 Å². The maximum absolute atomic E-state index is 13.4. The summed E-state index contributed by atoms with van der Waals surface area (Å²) in [5.74, 6) is -0.214. The minimum absolute atomic E-state index is 0.145. The number of aryl methyl sites for hydroxylation is 1. The van der Waals surface area contributed by atoms with Gasteiger partial charge in [0.25, 0.3) is 10.0 Å². The molecule has 28 heavy (non-hydrogen) atoms. The van der Waals surface area contributed by atoms with E-state index in [0.29, 0.717) is 11.4 Å². The zero-order valence-electron chi connectivity index (χ0n) is 15.7. The minimum Gasteiger partial charge on any atom is -0.326 e. The van der Waals surface area contributed by atoms with E-state index in [2.05, 4.69) is 10.3 Å². The van der Waals surface area contributed by atoms with Crippen molar-refractivity contribution in [1.82, 2.24) is 4.98 Å². The second-order valence-corrected chi connectivity index (χ2v) is 8.28. The standard InChI is InChI=1S/C21H21N3O3S/c1-16-5-9-20(10-6-16)24(15-18-4-3-13-22-14-18)28(26,27)21-11-7-19(8-12-21)23-17(2)25/h3-14H,15H2,1-2H3,(H,23,25). The van der Waals surface area contributed by atoms with Crippen LogP contribution in [0.2, 0.25) is 0 Å². The van der Waals surface area contributed by atoms with Gasteiger partial charge < -0.3 is 5.32 Å². The number of pyridine rings is 1. The van der Waals surface area contributed by atoms with Crippen LogP contribution < -0.4 is 9.62 Å². The summed E-state index contributed by atoms with van der Waals surface area (Å²) in [5.41, 5.74) is 2.93. The summed E-state index contributed by atoms with van der Waals surface area (Å²) in [6.07, 6.45) is 3.30. The molecule has 144 valence electrons. The molecule has 3 rings (SSSR count). The first kappa shape index (κ1) is 19.6. The lowest BCUT2D eigenvalue weighted by molar-refractivity contribution is -0.114. The van der Waals surface area contributed by atoms with Crippen LogP contribution in [0.4, 0.5) is 11.4 Å². The maximum atomic E-state index is 13.4. The molecule has 0 fully saturated rings. The summed E-state index contributed by atoms with van der Waals surface area (Å²) in [6.45, 7) is 3.51. The number of hydrogen-bond acceptors (Lipinski definition) is 4. The Kier molecular flexibility index (Phi) is 5.75. The average molecular weight is 395 g/mol. The molecule has 0 spiro atoms. The van der Waals surface area contributed by atoms with Gasteiger partial charge in [-0.25, -0.2) is 8.42 Å². The normalized spacial score (nSPS) is 11.1. The first-order valence-corrected chi connectivity index (χ1v) is 10.2. The predicted octanol–water partition coefficient (Wildman–Crippen LogP) is 3.74. The van der Waals surface area contributed by atoms with Gasteiger partial charge in [0.15, 0.2) is 0 Å². The van der Waals surface area contributed by atoms with Crippen molar-refractivity contribution >= 4 is 27.3 Å². The van der Waals surface area contributed by atoms with Crippen molar-refractivity contribution in [3.8, 4) is 0 Å². The lowest BCUT2D eigenvalue weighted by atomic mass is 10.2. The molecule has 0 aliphatic rings. The molecule has 1 N–H and O–H groups in total. The van der Waals surface area contributed by atoms with Crippen LogP contribution in [0.1, 0.15) is 18.1 Å². The number of hydrogen-bond donors (Lipinski definition) is 1. The largest absolute Gasteiger partial charge is 0.326 e. The molecule has 0 aliphatic heterocycles. The number of carbonyl (C=O) groups is 1. The molecular weight excluding hydrogens is 374 g/mol. The molecule has 0 bridgehead atoms. The zero-order valence-corrected chi connectivity index (χ0v) is 16.5. The molecule has 0 radical (unpaired) electrons. The molecule has 3 aromatic rings. The lowest BCUT2D eigenvalue weighted by Gasteiger charge is -2.25. The van der Waals surface area contributed by atoms with Crippen molar-refractivity contribution in [3.05, 3.63) is 84.2 Å². The fourth-order valence-corrected chi connectivity index (χ4v) is 4.18. The van der Waals surface area contributed by atoms with E-state index in [1.165, 1.54) is 23.4 Å².